The summed E-state index contributed by atoms with van der Waals surface area (Å²) in [7, 11) is 0. The van der Waals surface area contributed by atoms with Crippen LogP contribution in [0, 0.1) is 12.7 Å². The fourth-order valence-electron chi connectivity index (χ4n) is 5.35. The van der Waals surface area contributed by atoms with Crippen LogP contribution in [0.2, 0.25) is 0 Å². The number of hydrogen-bond donors (Lipinski definition) is 0. The maximum Gasteiger partial charge on any atom is 0.223 e. The number of hydrogen-bond acceptors (Lipinski definition) is 3. The van der Waals surface area contributed by atoms with Crippen molar-refractivity contribution in [2.75, 3.05) is 13.2 Å². The number of carbonyl (C=O) groups is 1. The van der Waals surface area contributed by atoms with Gasteiger partial charge in [-0.3, -0.25) is 4.79 Å². The van der Waals surface area contributed by atoms with Gasteiger partial charge in [-0.2, -0.15) is 0 Å². The molecule has 5 nitrogen and oxygen atoms in total. The van der Waals surface area contributed by atoms with Crippen molar-refractivity contribution < 1.29 is 13.9 Å². The second-order valence-corrected chi connectivity index (χ2v) is 10.7. The molecule has 1 aromatic heterocycles. The molecule has 0 radical (unpaired) electrons. The van der Waals surface area contributed by atoms with Crippen molar-refractivity contribution in [1.29, 1.82) is 0 Å². The minimum Gasteiger partial charge on any atom is -0.493 e. The van der Waals surface area contributed by atoms with Crippen molar-refractivity contribution in [2.45, 2.75) is 65.0 Å². The van der Waals surface area contributed by atoms with Gasteiger partial charge in [-0.25, -0.2) is 9.37 Å². The fraction of sp³-hybridized carbons (Fsp3) is 0.375. The van der Waals surface area contributed by atoms with Gasteiger partial charge in [0.25, 0.3) is 0 Å². The monoisotopic (exact) mass is 513 g/mol. The molecule has 1 aliphatic rings. The predicted octanol–water partition coefficient (Wildman–Crippen LogP) is 6.98. The second kappa shape index (κ2) is 11.4. The number of nitrogens with zero attached hydrogens (tertiary/aromatic N) is 3. The van der Waals surface area contributed by atoms with E-state index in [1.54, 1.807) is 12.1 Å². The van der Waals surface area contributed by atoms with Gasteiger partial charge in [-0.05, 0) is 72.7 Å². The Kier molecular flexibility index (Phi) is 7.77. The first kappa shape index (κ1) is 26.0. The number of ether oxygens (including phenoxy) is 1. The molecular weight excluding hydrogens is 477 g/mol. The minimum atomic E-state index is -0.266. The van der Waals surface area contributed by atoms with Crippen LogP contribution in [0.3, 0.4) is 0 Å². The number of imidazole rings is 1. The highest BCUT2D eigenvalue weighted by Gasteiger charge is 2.34. The maximum absolute atomic E-state index is 13.3. The normalized spacial score (nSPS) is 15.7. The molecule has 0 bridgehead atoms. The molecule has 1 fully saturated rings. The van der Waals surface area contributed by atoms with E-state index in [0.717, 1.165) is 47.6 Å². The summed E-state index contributed by atoms with van der Waals surface area (Å²) in [5, 5.41) is 0. The quantitative estimate of drug-likeness (QED) is 0.215. The highest BCUT2D eigenvalue weighted by Crippen LogP contribution is 2.32. The van der Waals surface area contributed by atoms with Crippen LogP contribution in [-0.4, -0.2) is 33.5 Å². The maximum atomic E-state index is 13.3. The predicted molar refractivity (Wildman–Crippen MR) is 149 cm³/mol. The Labute approximate surface area is 224 Å². The summed E-state index contributed by atoms with van der Waals surface area (Å²) in [5.74, 6) is 2.26. The van der Waals surface area contributed by atoms with Gasteiger partial charge in [0.1, 0.15) is 17.4 Å². The van der Waals surface area contributed by atoms with E-state index in [1.807, 2.05) is 23.1 Å². The molecule has 0 saturated carbocycles. The van der Waals surface area contributed by atoms with Crippen LogP contribution in [0.4, 0.5) is 4.39 Å². The highest BCUT2D eigenvalue weighted by molar-refractivity contribution is 5.81. The van der Waals surface area contributed by atoms with E-state index < -0.39 is 0 Å². The number of unbranched alkanes of at least 4 members (excludes halogenated alkanes) is 1. The fourth-order valence-corrected chi connectivity index (χ4v) is 5.35. The molecule has 5 rings (SSSR count). The third kappa shape index (κ3) is 5.74. The van der Waals surface area contributed by atoms with Crippen molar-refractivity contribution in [1.82, 2.24) is 14.5 Å². The summed E-state index contributed by atoms with van der Waals surface area (Å²) >= 11 is 0. The zero-order valence-corrected chi connectivity index (χ0v) is 22.5. The standard InChI is InChI=1S/C32H36FN3O2/c1-22(2)27-15-10-23(3)18-30(27)38-17-7-6-16-36-29-9-5-4-8-28(29)34-32(36)25-19-31(37)35(21-25)20-24-11-13-26(33)14-12-24/h4-5,8-15,18,22,25H,6-7,16-17,19-21H2,1-3H3. The van der Waals surface area contributed by atoms with Gasteiger partial charge >= 0.3 is 0 Å². The van der Waals surface area contributed by atoms with Gasteiger partial charge < -0.3 is 14.2 Å². The van der Waals surface area contributed by atoms with E-state index in [0.29, 0.717) is 32.0 Å². The van der Waals surface area contributed by atoms with Gasteiger partial charge in [0, 0.05) is 32.0 Å². The number of likely N-dealkylation sites (tertiary alicyclic amines) is 1. The molecular formula is C32H36FN3O2. The number of aryl methyl sites for hydroxylation is 2. The van der Waals surface area contributed by atoms with Gasteiger partial charge in [0.2, 0.25) is 5.91 Å². The Hall–Kier alpha value is -3.67. The van der Waals surface area contributed by atoms with Crippen LogP contribution < -0.4 is 4.74 Å². The Bertz CT molecular complexity index is 1410. The Morgan fingerprint density at radius 3 is 2.63 bits per heavy atom. The first-order chi connectivity index (χ1) is 18.4. The van der Waals surface area contributed by atoms with Gasteiger partial charge in [0.15, 0.2) is 0 Å². The molecule has 38 heavy (non-hydrogen) atoms. The number of amides is 1. The molecule has 1 amide bonds. The summed E-state index contributed by atoms with van der Waals surface area (Å²) in [6, 6.07) is 21.0. The lowest BCUT2D eigenvalue weighted by molar-refractivity contribution is -0.128. The van der Waals surface area contributed by atoms with Crippen LogP contribution in [0.15, 0.2) is 66.7 Å². The molecule has 4 aromatic rings. The summed E-state index contributed by atoms with van der Waals surface area (Å²) < 4.78 is 21.8. The summed E-state index contributed by atoms with van der Waals surface area (Å²) in [6.45, 7) is 9.08. The Balaban J connectivity index is 1.25. The number of carbonyl (C=O) groups excluding carboxylic acids is 1. The zero-order valence-electron chi connectivity index (χ0n) is 22.5. The SMILES string of the molecule is Cc1ccc(C(C)C)c(OCCCCn2c(C3CC(=O)N(Cc4ccc(F)cc4)C3)nc3ccccc32)c1. The summed E-state index contributed by atoms with van der Waals surface area (Å²) in [4.78, 5) is 19.7. The summed E-state index contributed by atoms with van der Waals surface area (Å²) in [6.07, 6.45) is 2.33. The number of fused-ring (bicyclic) bond motifs is 1. The number of benzene rings is 3. The molecule has 2 heterocycles. The van der Waals surface area contributed by atoms with Crippen molar-refractivity contribution in [3.8, 4) is 5.75 Å². The van der Waals surface area contributed by atoms with E-state index in [-0.39, 0.29) is 17.6 Å². The lowest BCUT2D eigenvalue weighted by Gasteiger charge is -2.18. The molecule has 1 saturated heterocycles. The first-order valence-electron chi connectivity index (χ1n) is 13.6. The van der Waals surface area contributed by atoms with Crippen molar-refractivity contribution in [2.24, 2.45) is 0 Å². The number of rotatable bonds is 10. The Morgan fingerprint density at radius 1 is 1.05 bits per heavy atom. The number of aromatic nitrogens is 2. The van der Waals surface area contributed by atoms with E-state index >= 15 is 0 Å². The molecule has 0 N–H and O–H groups in total. The van der Waals surface area contributed by atoms with Gasteiger partial charge in [0.05, 0.1) is 17.6 Å². The highest BCUT2D eigenvalue weighted by atomic mass is 19.1. The molecule has 198 valence electrons. The second-order valence-electron chi connectivity index (χ2n) is 10.7. The third-order valence-corrected chi connectivity index (χ3v) is 7.38. The lowest BCUT2D eigenvalue weighted by Crippen LogP contribution is -2.24. The molecule has 3 aromatic carbocycles. The van der Waals surface area contributed by atoms with Crippen LogP contribution in [0.1, 0.15) is 67.5 Å². The average Bonchev–Trinajstić information content (AvgIpc) is 3.45. The minimum absolute atomic E-state index is 0.0347. The van der Waals surface area contributed by atoms with E-state index in [2.05, 4.69) is 49.6 Å². The first-order valence-corrected chi connectivity index (χ1v) is 13.6. The van der Waals surface area contributed by atoms with E-state index in [4.69, 9.17) is 9.72 Å². The lowest BCUT2D eigenvalue weighted by atomic mass is 10.0. The smallest absolute Gasteiger partial charge is 0.223 e. The zero-order chi connectivity index (χ0) is 26.6. The van der Waals surface area contributed by atoms with Gasteiger partial charge in [-0.1, -0.05) is 50.2 Å². The van der Waals surface area contributed by atoms with Crippen molar-refractivity contribution in [3.05, 3.63) is 95.1 Å². The van der Waals surface area contributed by atoms with Crippen LogP contribution in [-0.2, 0) is 17.9 Å². The molecule has 1 atom stereocenters. The van der Waals surface area contributed by atoms with E-state index in [1.165, 1.54) is 23.3 Å². The topological polar surface area (TPSA) is 47.4 Å². The van der Waals surface area contributed by atoms with Crippen molar-refractivity contribution in [3.63, 3.8) is 0 Å². The molecule has 0 spiro atoms. The molecule has 1 unspecified atom stereocenters. The Morgan fingerprint density at radius 2 is 1.84 bits per heavy atom. The van der Waals surface area contributed by atoms with Crippen molar-refractivity contribution >= 4 is 16.9 Å². The van der Waals surface area contributed by atoms with Crippen LogP contribution >= 0.6 is 0 Å². The summed E-state index contributed by atoms with van der Waals surface area (Å²) in [5.41, 5.74) is 5.45. The van der Waals surface area contributed by atoms with Crippen LogP contribution in [0.25, 0.3) is 11.0 Å². The molecule has 1 aliphatic heterocycles. The number of halogens is 1. The number of para-hydroxylation sites is 2. The van der Waals surface area contributed by atoms with Gasteiger partial charge in [-0.15, -0.1) is 0 Å². The average molecular weight is 514 g/mol. The molecule has 6 heteroatoms. The van der Waals surface area contributed by atoms with Crippen LogP contribution in [0.5, 0.6) is 5.75 Å². The van der Waals surface area contributed by atoms with E-state index in [9.17, 15) is 9.18 Å². The third-order valence-electron chi connectivity index (χ3n) is 7.38. The molecule has 0 aliphatic carbocycles. The largest absolute Gasteiger partial charge is 0.493 e.